The van der Waals surface area contributed by atoms with Gasteiger partial charge in [0.05, 0.1) is 7.11 Å². The number of hydrogen-bond donors (Lipinski definition) is 0. The number of benzene rings is 1. The Hall–Kier alpha value is -2.76. The predicted octanol–water partition coefficient (Wildman–Crippen LogP) is 2.38. The standard InChI is InChI=1S/C19H23N3O3/c1-12(2)10-16-18(23)21(4)17(19(25-5)22(16)24)14-11-20(3)15-9-7-6-8-13(14)15/h6-9,11-12H,10H2,1-5H3. The van der Waals surface area contributed by atoms with Gasteiger partial charge < -0.3 is 14.5 Å². The van der Waals surface area contributed by atoms with Gasteiger partial charge in [-0.05, 0) is 12.0 Å². The van der Waals surface area contributed by atoms with Crippen molar-refractivity contribution >= 4 is 10.9 Å². The van der Waals surface area contributed by atoms with E-state index in [1.54, 1.807) is 7.05 Å². The average molecular weight is 341 g/mol. The lowest BCUT2D eigenvalue weighted by molar-refractivity contribution is -0.622. The maximum atomic E-state index is 12.8. The lowest BCUT2D eigenvalue weighted by Gasteiger charge is -2.15. The van der Waals surface area contributed by atoms with Crippen LogP contribution in [0.1, 0.15) is 19.5 Å². The molecule has 3 aromatic rings. The Morgan fingerprint density at radius 2 is 1.92 bits per heavy atom. The second-order valence-electron chi connectivity index (χ2n) is 6.73. The lowest BCUT2D eigenvalue weighted by atomic mass is 10.1. The zero-order valence-corrected chi connectivity index (χ0v) is 15.2. The summed E-state index contributed by atoms with van der Waals surface area (Å²) in [5.41, 5.74) is 2.24. The Kier molecular flexibility index (Phi) is 4.29. The summed E-state index contributed by atoms with van der Waals surface area (Å²) in [6.07, 6.45) is 2.33. The van der Waals surface area contributed by atoms with Gasteiger partial charge in [0.25, 0.3) is 5.69 Å². The van der Waals surface area contributed by atoms with Crippen molar-refractivity contribution in [2.24, 2.45) is 20.0 Å². The van der Waals surface area contributed by atoms with Gasteiger partial charge >= 0.3 is 11.4 Å². The van der Waals surface area contributed by atoms with Gasteiger partial charge in [-0.3, -0.25) is 9.36 Å². The molecule has 132 valence electrons. The third kappa shape index (κ3) is 2.67. The van der Waals surface area contributed by atoms with Crippen LogP contribution in [0.15, 0.2) is 35.3 Å². The monoisotopic (exact) mass is 341 g/mol. The van der Waals surface area contributed by atoms with Crippen LogP contribution in [-0.4, -0.2) is 16.2 Å². The molecule has 0 bridgehead atoms. The summed E-state index contributed by atoms with van der Waals surface area (Å²) < 4.78 is 9.58. The van der Waals surface area contributed by atoms with Crippen LogP contribution in [-0.2, 0) is 20.5 Å². The first-order valence-electron chi connectivity index (χ1n) is 8.30. The summed E-state index contributed by atoms with van der Waals surface area (Å²) in [7, 11) is 5.09. The highest BCUT2D eigenvalue weighted by atomic mass is 16.5. The first-order valence-corrected chi connectivity index (χ1v) is 8.30. The SMILES string of the molecule is COc1c(-c2cn(C)c3ccccc23)n(C)c(=O)c(CC(C)C)[n+]1[O-]. The quantitative estimate of drug-likeness (QED) is 0.541. The molecule has 6 heteroatoms. The molecule has 1 aromatic carbocycles. The zero-order chi connectivity index (χ0) is 18.3. The van der Waals surface area contributed by atoms with Crippen LogP contribution in [0.5, 0.6) is 5.88 Å². The molecular formula is C19H23N3O3. The molecule has 0 saturated heterocycles. The van der Waals surface area contributed by atoms with Crippen molar-refractivity contribution in [1.82, 2.24) is 9.13 Å². The van der Waals surface area contributed by atoms with Crippen molar-refractivity contribution in [2.45, 2.75) is 20.3 Å². The van der Waals surface area contributed by atoms with Crippen molar-refractivity contribution < 1.29 is 9.47 Å². The fourth-order valence-corrected chi connectivity index (χ4v) is 3.31. The molecule has 0 spiro atoms. The number of hydrogen-bond acceptors (Lipinski definition) is 3. The topological polar surface area (TPSA) is 63.1 Å². The Labute approximate surface area is 146 Å². The van der Waals surface area contributed by atoms with E-state index in [-0.39, 0.29) is 23.1 Å². The number of methoxy groups -OCH3 is 1. The molecule has 0 atom stereocenters. The average Bonchev–Trinajstić information content (AvgIpc) is 2.91. The largest absolute Gasteiger partial charge is 0.616 e. The minimum atomic E-state index is -0.285. The van der Waals surface area contributed by atoms with Gasteiger partial charge in [-0.25, -0.2) is 0 Å². The fourth-order valence-electron chi connectivity index (χ4n) is 3.31. The van der Waals surface area contributed by atoms with E-state index < -0.39 is 0 Å². The molecule has 0 aliphatic rings. The Bertz CT molecular complexity index is 999. The van der Waals surface area contributed by atoms with E-state index >= 15 is 0 Å². The van der Waals surface area contributed by atoms with Crippen molar-refractivity contribution in [1.29, 1.82) is 0 Å². The molecule has 3 rings (SSSR count). The first-order chi connectivity index (χ1) is 11.9. The van der Waals surface area contributed by atoms with Crippen molar-refractivity contribution in [3.8, 4) is 17.1 Å². The summed E-state index contributed by atoms with van der Waals surface area (Å²) in [6, 6.07) is 7.88. The molecule has 2 aromatic heterocycles. The molecule has 0 N–H and O–H groups in total. The van der Waals surface area contributed by atoms with Crippen molar-refractivity contribution in [3.05, 3.63) is 51.7 Å². The first kappa shape index (κ1) is 17.1. The third-order valence-corrected chi connectivity index (χ3v) is 4.47. The van der Waals surface area contributed by atoms with Crippen molar-refractivity contribution in [2.75, 3.05) is 7.11 Å². The van der Waals surface area contributed by atoms with Crippen molar-refractivity contribution in [3.63, 3.8) is 0 Å². The van der Waals surface area contributed by atoms with Gasteiger partial charge in [0, 0.05) is 43.2 Å². The molecule has 0 amide bonds. The lowest BCUT2D eigenvalue weighted by Crippen LogP contribution is -2.44. The highest BCUT2D eigenvalue weighted by molar-refractivity contribution is 5.96. The van der Waals surface area contributed by atoms with Gasteiger partial charge in [-0.15, -0.1) is 4.73 Å². The molecule has 0 aliphatic heterocycles. The highest BCUT2D eigenvalue weighted by Crippen LogP contribution is 2.33. The van der Waals surface area contributed by atoms with Gasteiger partial charge in [0.1, 0.15) is 0 Å². The summed E-state index contributed by atoms with van der Waals surface area (Å²) in [6.45, 7) is 3.95. The Morgan fingerprint density at radius 1 is 1.24 bits per heavy atom. The Balaban J connectivity index is 2.38. The predicted molar refractivity (Wildman–Crippen MR) is 97.7 cm³/mol. The van der Waals surface area contributed by atoms with Gasteiger partial charge in [-0.1, -0.05) is 32.0 Å². The van der Waals surface area contributed by atoms with Gasteiger partial charge in [0.2, 0.25) is 0 Å². The van der Waals surface area contributed by atoms with E-state index in [0.29, 0.717) is 16.8 Å². The number of ether oxygens (including phenoxy) is 1. The van der Waals surface area contributed by atoms with Crippen LogP contribution < -0.4 is 15.0 Å². The number of nitrogens with zero attached hydrogens (tertiary/aromatic N) is 3. The number of para-hydroxylation sites is 1. The molecule has 6 nitrogen and oxygen atoms in total. The second kappa shape index (κ2) is 6.27. The summed E-state index contributed by atoms with van der Waals surface area (Å²) in [4.78, 5) is 12.8. The second-order valence-corrected chi connectivity index (χ2v) is 6.73. The van der Waals surface area contributed by atoms with E-state index in [2.05, 4.69) is 0 Å². The smallest absolute Gasteiger partial charge is 0.404 e. The highest BCUT2D eigenvalue weighted by Gasteiger charge is 2.28. The molecule has 25 heavy (non-hydrogen) atoms. The molecule has 0 saturated carbocycles. The minimum Gasteiger partial charge on any atom is -0.616 e. The number of aryl methyl sites for hydroxylation is 1. The van der Waals surface area contributed by atoms with Crippen LogP contribution in [0.3, 0.4) is 0 Å². The van der Waals surface area contributed by atoms with E-state index in [0.717, 1.165) is 16.5 Å². The van der Waals surface area contributed by atoms with Crippen LogP contribution in [0.2, 0.25) is 0 Å². The summed E-state index contributed by atoms with van der Waals surface area (Å²) >= 11 is 0. The zero-order valence-electron chi connectivity index (χ0n) is 15.2. The van der Waals surface area contributed by atoms with Crippen LogP contribution in [0, 0.1) is 11.1 Å². The van der Waals surface area contributed by atoms with E-state index in [1.807, 2.05) is 55.9 Å². The van der Waals surface area contributed by atoms with Crippen LogP contribution in [0.25, 0.3) is 22.2 Å². The Morgan fingerprint density at radius 3 is 2.56 bits per heavy atom. The maximum Gasteiger partial charge on any atom is 0.404 e. The molecular weight excluding hydrogens is 318 g/mol. The number of rotatable bonds is 4. The number of aromatic nitrogens is 3. The molecule has 0 radical (unpaired) electrons. The van der Waals surface area contributed by atoms with Crippen LogP contribution in [0.4, 0.5) is 0 Å². The van der Waals surface area contributed by atoms with Gasteiger partial charge in [-0.2, -0.15) is 0 Å². The minimum absolute atomic E-state index is 0.147. The van der Waals surface area contributed by atoms with E-state index in [9.17, 15) is 10.0 Å². The fraction of sp³-hybridized carbons (Fsp3) is 0.368. The summed E-state index contributed by atoms with van der Waals surface area (Å²) in [5.74, 6) is 0.343. The molecule has 0 unspecified atom stereocenters. The molecule has 0 fully saturated rings. The van der Waals surface area contributed by atoms with E-state index in [1.165, 1.54) is 11.7 Å². The summed E-state index contributed by atoms with van der Waals surface area (Å²) in [5, 5.41) is 13.8. The third-order valence-electron chi connectivity index (χ3n) is 4.47. The maximum absolute atomic E-state index is 12.8. The molecule has 0 aliphatic carbocycles. The normalized spacial score (nSPS) is 11.4. The van der Waals surface area contributed by atoms with Gasteiger partial charge in [0.15, 0.2) is 5.69 Å². The molecule has 2 heterocycles. The van der Waals surface area contributed by atoms with Crippen LogP contribution >= 0.6 is 0 Å². The number of fused-ring (bicyclic) bond motifs is 1. The van der Waals surface area contributed by atoms with E-state index in [4.69, 9.17) is 4.74 Å².